The quantitative estimate of drug-likeness (QED) is 0.194. The minimum absolute atomic E-state index is 0.120. The van der Waals surface area contributed by atoms with E-state index in [9.17, 15) is 17.6 Å². The largest absolute Gasteiger partial charge is 0.455 e. The van der Waals surface area contributed by atoms with E-state index < -0.39 is 15.8 Å². The van der Waals surface area contributed by atoms with E-state index in [4.69, 9.17) is 4.42 Å². The normalized spacial score (nSPS) is 11.7. The smallest absolute Gasteiger partial charge is 0.232 e. The molecule has 0 radical (unpaired) electrons. The van der Waals surface area contributed by atoms with Crippen LogP contribution in [-0.4, -0.2) is 27.5 Å². The lowest BCUT2D eigenvalue weighted by molar-refractivity contribution is 0.0989. The number of furan rings is 1. The summed E-state index contributed by atoms with van der Waals surface area (Å²) in [5.41, 5.74) is 3.25. The van der Waals surface area contributed by atoms with E-state index in [0.717, 1.165) is 15.4 Å². The molecule has 4 aromatic rings. The van der Waals surface area contributed by atoms with Gasteiger partial charge in [0, 0.05) is 39.6 Å². The zero-order valence-electron chi connectivity index (χ0n) is 18.2. The zero-order valence-corrected chi connectivity index (χ0v) is 21.2. The fourth-order valence-corrected chi connectivity index (χ4v) is 4.77. The summed E-state index contributed by atoms with van der Waals surface area (Å²) < 4.78 is 46.6. The summed E-state index contributed by atoms with van der Waals surface area (Å²) in [5.74, 6) is -0.174. The lowest BCUT2D eigenvalue weighted by atomic mass is 9.96. The zero-order chi connectivity index (χ0) is 23.9. The van der Waals surface area contributed by atoms with Crippen LogP contribution in [0.25, 0.3) is 33.4 Å². The molecule has 0 bridgehead atoms. The van der Waals surface area contributed by atoms with Crippen LogP contribution in [0.1, 0.15) is 23.7 Å². The van der Waals surface area contributed by atoms with Crippen molar-refractivity contribution in [1.82, 2.24) is 0 Å². The Balaban J connectivity index is 2.09. The second kappa shape index (κ2) is 8.90. The molecule has 4 rings (SSSR count). The summed E-state index contributed by atoms with van der Waals surface area (Å²) in [6.45, 7) is 1.77. The third kappa shape index (κ3) is 4.54. The monoisotopic (exact) mass is 577 g/mol. The highest BCUT2D eigenvalue weighted by molar-refractivity contribution is 14.1. The molecular weight excluding hydrogens is 556 g/mol. The second-order valence-corrected chi connectivity index (χ2v) is 11.0. The molecule has 0 aliphatic rings. The van der Waals surface area contributed by atoms with E-state index in [0.29, 0.717) is 39.1 Å². The number of carbonyl (C=O) groups is 1. The molecule has 0 aliphatic carbocycles. The average molecular weight is 577 g/mol. The van der Waals surface area contributed by atoms with Crippen molar-refractivity contribution < 1.29 is 22.0 Å². The number of Topliss-reactive ketones (excluding diaryl/α,β-unsaturated/α-hetero) is 1. The molecule has 0 unspecified atom stereocenters. The van der Waals surface area contributed by atoms with E-state index in [2.05, 4.69) is 22.6 Å². The molecule has 0 fully saturated rings. The molecule has 0 spiro atoms. The Hall–Kier alpha value is -2.72. The predicted molar refractivity (Wildman–Crippen MR) is 138 cm³/mol. The highest BCUT2D eigenvalue weighted by Gasteiger charge is 2.25. The fourth-order valence-electron chi connectivity index (χ4n) is 3.72. The first kappa shape index (κ1) is 23.4. The minimum Gasteiger partial charge on any atom is -0.455 e. The standard InChI is InChI=1S/C25H21FINO4S/c1-4-22(29)24-20-13-19(16-6-5-7-18(27)12-16)21(28(2)33(3,30)31)14-23(20)32-25(24)15-8-10-17(26)11-9-15/h5-14H,4H2,1-3H3. The molecule has 8 heteroatoms. The SMILES string of the molecule is CCC(=O)c1c(-c2ccc(F)cc2)oc2cc(N(C)S(C)(=O)=O)c(-c3cccc(I)c3)cc12. The van der Waals surface area contributed by atoms with Gasteiger partial charge in [-0.3, -0.25) is 9.10 Å². The number of ketones is 1. The van der Waals surface area contributed by atoms with Crippen LogP contribution in [0.5, 0.6) is 0 Å². The fraction of sp³-hybridized carbons (Fsp3) is 0.160. The Morgan fingerprint density at radius 1 is 1.06 bits per heavy atom. The summed E-state index contributed by atoms with van der Waals surface area (Å²) in [6.07, 6.45) is 1.39. The van der Waals surface area contributed by atoms with Crippen LogP contribution in [0.3, 0.4) is 0 Å². The van der Waals surface area contributed by atoms with Crippen molar-refractivity contribution in [2.45, 2.75) is 13.3 Å². The van der Waals surface area contributed by atoms with Crippen molar-refractivity contribution in [2.75, 3.05) is 17.6 Å². The first-order chi connectivity index (χ1) is 15.6. The Kier molecular flexibility index (Phi) is 6.32. The third-order valence-electron chi connectivity index (χ3n) is 5.49. The number of rotatable bonds is 6. The van der Waals surface area contributed by atoms with Crippen molar-refractivity contribution in [1.29, 1.82) is 0 Å². The van der Waals surface area contributed by atoms with Gasteiger partial charge >= 0.3 is 0 Å². The van der Waals surface area contributed by atoms with Gasteiger partial charge in [-0.2, -0.15) is 0 Å². The molecule has 1 heterocycles. The van der Waals surface area contributed by atoms with Gasteiger partial charge < -0.3 is 4.42 Å². The van der Waals surface area contributed by atoms with Crippen LogP contribution in [0, 0.1) is 9.39 Å². The number of nitrogens with zero attached hydrogens (tertiary/aromatic N) is 1. The van der Waals surface area contributed by atoms with E-state index in [1.165, 1.54) is 23.5 Å². The Bertz CT molecular complexity index is 1480. The molecule has 5 nitrogen and oxygen atoms in total. The van der Waals surface area contributed by atoms with Crippen LogP contribution >= 0.6 is 22.6 Å². The lowest BCUT2D eigenvalue weighted by Gasteiger charge is -2.20. The van der Waals surface area contributed by atoms with E-state index in [-0.39, 0.29) is 12.2 Å². The van der Waals surface area contributed by atoms with Gasteiger partial charge in [0.05, 0.1) is 17.5 Å². The highest BCUT2D eigenvalue weighted by atomic mass is 127. The van der Waals surface area contributed by atoms with Gasteiger partial charge in [0.15, 0.2) is 5.78 Å². The van der Waals surface area contributed by atoms with E-state index in [1.54, 1.807) is 31.2 Å². The average Bonchev–Trinajstić information content (AvgIpc) is 3.15. The van der Waals surface area contributed by atoms with Crippen molar-refractivity contribution in [3.05, 3.63) is 75.6 Å². The molecule has 33 heavy (non-hydrogen) atoms. The molecule has 0 aliphatic heterocycles. The van der Waals surface area contributed by atoms with Gasteiger partial charge in [0.25, 0.3) is 0 Å². The molecular formula is C25H21FINO4S. The molecule has 3 aromatic carbocycles. The van der Waals surface area contributed by atoms with Crippen molar-refractivity contribution in [3.8, 4) is 22.5 Å². The Labute approximate surface area is 205 Å². The number of sulfonamides is 1. The van der Waals surface area contributed by atoms with E-state index >= 15 is 0 Å². The number of halogens is 2. The number of hydrogen-bond donors (Lipinski definition) is 0. The second-order valence-electron chi connectivity index (χ2n) is 7.70. The number of anilines is 1. The molecule has 0 amide bonds. The minimum atomic E-state index is -3.57. The van der Waals surface area contributed by atoms with Crippen molar-refractivity contribution >= 4 is 55.1 Å². The molecule has 170 valence electrons. The van der Waals surface area contributed by atoms with Gasteiger partial charge in [-0.25, -0.2) is 12.8 Å². The molecule has 0 atom stereocenters. The van der Waals surface area contributed by atoms with Crippen LogP contribution in [0.15, 0.2) is 65.1 Å². The predicted octanol–water partition coefficient (Wildman–Crippen LogP) is 6.50. The van der Waals surface area contributed by atoms with Gasteiger partial charge in [-0.1, -0.05) is 19.1 Å². The van der Waals surface area contributed by atoms with Gasteiger partial charge in [0.2, 0.25) is 10.0 Å². The number of benzene rings is 3. The van der Waals surface area contributed by atoms with Crippen LogP contribution in [0.4, 0.5) is 10.1 Å². The van der Waals surface area contributed by atoms with Gasteiger partial charge in [-0.05, 0) is 70.6 Å². The number of fused-ring (bicyclic) bond motifs is 1. The van der Waals surface area contributed by atoms with Crippen molar-refractivity contribution in [3.63, 3.8) is 0 Å². The highest BCUT2D eigenvalue weighted by Crippen LogP contribution is 2.41. The first-order valence-corrected chi connectivity index (χ1v) is 13.1. The van der Waals surface area contributed by atoms with Gasteiger partial charge in [-0.15, -0.1) is 0 Å². The number of hydrogen-bond acceptors (Lipinski definition) is 4. The Morgan fingerprint density at radius 2 is 1.76 bits per heavy atom. The summed E-state index contributed by atoms with van der Waals surface area (Å²) in [7, 11) is -2.08. The maximum absolute atomic E-state index is 13.5. The van der Waals surface area contributed by atoms with Crippen molar-refractivity contribution in [2.24, 2.45) is 0 Å². The van der Waals surface area contributed by atoms with Gasteiger partial charge in [0.1, 0.15) is 17.2 Å². The summed E-state index contributed by atoms with van der Waals surface area (Å²) >= 11 is 2.20. The summed E-state index contributed by atoms with van der Waals surface area (Å²) in [5, 5.41) is 0.584. The molecule has 1 aromatic heterocycles. The maximum atomic E-state index is 13.5. The van der Waals surface area contributed by atoms with E-state index in [1.807, 2.05) is 24.3 Å². The molecule has 0 N–H and O–H groups in total. The lowest BCUT2D eigenvalue weighted by Crippen LogP contribution is -2.25. The Morgan fingerprint density at radius 3 is 2.36 bits per heavy atom. The summed E-state index contributed by atoms with van der Waals surface area (Å²) in [6, 6.07) is 16.9. The summed E-state index contributed by atoms with van der Waals surface area (Å²) in [4.78, 5) is 13.0. The number of carbonyl (C=O) groups excluding carboxylic acids is 1. The van der Waals surface area contributed by atoms with Crippen LogP contribution < -0.4 is 4.31 Å². The topological polar surface area (TPSA) is 67.6 Å². The van der Waals surface area contributed by atoms with Crippen LogP contribution in [0.2, 0.25) is 0 Å². The third-order valence-corrected chi connectivity index (χ3v) is 7.35. The van der Waals surface area contributed by atoms with Crippen LogP contribution in [-0.2, 0) is 10.0 Å². The molecule has 0 saturated carbocycles. The first-order valence-electron chi connectivity index (χ1n) is 10.2. The molecule has 0 saturated heterocycles. The maximum Gasteiger partial charge on any atom is 0.232 e.